The van der Waals surface area contributed by atoms with Crippen molar-refractivity contribution in [3.05, 3.63) is 28.3 Å². The highest BCUT2D eigenvalue weighted by atomic mass is 32.2. The Morgan fingerprint density at radius 1 is 1.19 bits per heavy atom. The number of nitrogens with one attached hydrogen (secondary N) is 2. The van der Waals surface area contributed by atoms with Crippen LogP contribution in [0.2, 0.25) is 0 Å². The van der Waals surface area contributed by atoms with E-state index in [4.69, 9.17) is 0 Å². The van der Waals surface area contributed by atoms with E-state index in [1.54, 1.807) is 0 Å². The van der Waals surface area contributed by atoms with Gasteiger partial charge in [0.25, 0.3) is 0 Å². The molecule has 1 aromatic carbocycles. The summed E-state index contributed by atoms with van der Waals surface area (Å²) in [6, 6.07) is 1.91. The number of anilines is 1. The summed E-state index contributed by atoms with van der Waals surface area (Å²) in [5.74, 6) is -0.309. The molecule has 146 valence electrons. The molecule has 0 saturated carbocycles. The molecule has 27 heavy (non-hydrogen) atoms. The molecule has 2 aliphatic carbocycles. The van der Waals surface area contributed by atoms with E-state index in [1.807, 2.05) is 4.90 Å². The Balaban J connectivity index is 1.35. The van der Waals surface area contributed by atoms with E-state index >= 15 is 0 Å². The number of rotatable bonds is 5. The molecular formula is C19H25N3O4S. The SMILES string of the molecule is COC(=O)CN1CC([S+]([O-])NC(=O)Nc2c3c(cc4c2CCC4)CCC3)C1. The molecule has 0 bridgehead atoms. The number of carbonyl (C=O) groups excluding carboxylic acids is 2. The second kappa shape index (κ2) is 7.69. The van der Waals surface area contributed by atoms with E-state index in [0.717, 1.165) is 44.2 Å². The van der Waals surface area contributed by atoms with Crippen LogP contribution < -0.4 is 10.0 Å². The van der Waals surface area contributed by atoms with Crippen LogP contribution >= 0.6 is 0 Å². The van der Waals surface area contributed by atoms with Crippen molar-refractivity contribution < 1.29 is 18.9 Å². The van der Waals surface area contributed by atoms with Crippen molar-refractivity contribution in [3.8, 4) is 0 Å². The molecule has 4 rings (SSSR count). The van der Waals surface area contributed by atoms with Crippen molar-refractivity contribution in [1.29, 1.82) is 0 Å². The number of ether oxygens (including phenoxy) is 1. The summed E-state index contributed by atoms with van der Waals surface area (Å²) in [5.41, 5.74) is 6.16. The zero-order valence-electron chi connectivity index (χ0n) is 15.5. The van der Waals surface area contributed by atoms with Gasteiger partial charge in [0, 0.05) is 5.69 Å². The van der Waals surface area contributed by atoms with E-state index in [0.29, 0.717) is 13.1 Å². The van der Waals surface area contributed by atoms with Crippen LogP contribution in [-0.4, -0.2) is 53.4 Å². The number of fused-ring (bicyclic) bond motifs is 2. The Labute approximate surface area is 162 Å². The molecule has 8 heteroatoms. The average Bonchev–Trinajstić information content (AvgIpc) is 3.25. The lowest BCUT2D eigenvalue weighted by Gasteiger charge is -2.37. The Kier molecular flexibility index (Phi) is 5.29. The van der Waals surface area contributed by atoms with Crippen LogP contribution in [0.5, 0.6) is 0 Å². The second-order valence-corrected chi connectivity index (χ2v) is 8.95. The van der Waals surface area contributed by atoms with Crippen molar-refractivity contribution in [2.75, 3.05) is 32.1 Å². The minimum Gasteiger partial charge on any atom is -0.593 e. The smallest absolute Gasteiger partial charge is 0.360 e. The minimum absolute atomic E-state index is 0.160. The largest absolute Gasteiger partial charge is 0.593 e. The number of hydrogen-bond donors (Lipinski definition) is 2. The van der Waals surface area contributed by atoms with Gasteiger partial charge in [-0.05, 0) is 60.8 Å². The number of aryl methyl sites for hydroxylation is 2. The van der Waals surface area contributed by atoms with Gasteiger partial charge in [0.1, 0.15) is 0 Å². The van der Waals surface area contributed by atoms with Gasteiger partial charge < -0.3 is 14.6 Å². The molecular weight excluding hydrogens is 366 g/mol. The van der Waals surface area contributed by atoms with Gasteiger partial charge in [-0.2, -0.15) is 4.72 Å². The van der Waals surface area contributed by atoms with Crippen molar-refractivity contribution in [2.45, 2.75) is 43.8 Å². The summed E-state index contributed by atoms with van der Waals surface area (Å²) in [6.07, 6.45) is 6.38. The van der Waals surface area contributed by atoms with E-state index in [-0.39, 0.29) is 17.8 Å². The first-order valence-corrected chi connectivity index (χ1v) is 10.7. The molecule has 1 aliphatic heterocycles. The van der Waals surface area contributed by atoms with Crippen LogP contribution in [-0.2, 0) is 46.6 Å². The summed E-state index contributed by atoms with van der Waals surface area (Å²) in [4.78, 5) is 25.6. The third-order valence-corrected chi connectivity index (χ3v) is 7.00. The Morgan fingerprint density at radius 2 is 1.81 bits per heavy atom. The summed E-state index contributed by atoms with van der Waals surface area (Å²) < 4.78 is 19.6. The summed E-state index contributed by atoms with van der Waals surface area (Å²) in [6.45, 7) is 1.22. The number of carbonyl (C=O) groups is 2. The van der Waals surface area contributed by atoms with Crippen molar-refractivity contribution >= 4 is 29.0 Å². The third-order valence-electron chi connectivity index (χ3n) is 5.71. The van der Waals surface area contributed by atoms with E-state index in [2.05, 4.69) is 20.8 Å². The molecule has 1 aromatic rings. The van der Waals surface area contributed by atoms with Crippen LogP contribution in [0, 0.1) is 0 Å². The molecule has 0 radical (unpaired) electrons. The first-order valence-electron chi connectivity index (χ1n) is 9.49. The van der Waals surface area contributed by atoms with Crippen LogP contribution in [0.15, 0.2) is 6.07 Å². The van der Waals surface area contributed by atoms with Gasteiger partial charge in [-0.15, -0.1) is 0 Å². The first kappa shape index (κ1) is 18.6. The molecule has 0 aromatic heterocycles. The zero-order chi connectivity index (χ0) is 19.0. The molecule has 0 spiro atoms. The summed E-state index contributed by atoms with van der Waals surface area (Å²) >= 11 is -1.47. The molecule has 7 nitrogen and oxygen atoms in total. The van der Waals surface area contributed by atoms with Gasteiger partial charge in [-0.1, -0.05) is 6.07 Å². The second-order valence-electron chi connectivity index (χ2n) is 7.48. The standard InChI is InChI=1S/C19H25N3O4S/c1-26-17(23)11-22-9-14(10-22)27(25)21-19(24)20-18-15-6-2-4-12(15)8-13-5-3-7-16(13)18/h8,14H,2-7,9-11H2,1H3,(H2,20,21,24). The van der Waals surface area contributed by atoms with Gasteiger partial charge in [-0.25, -0.2) is 4.79 Å². The molecule has 2 amide bonds. The number of methoxy groups -OCH3 is 1. The Morgan fingerprint density at radius 3 is 2.41 bits per heavy atom. The number of urea groups is 1. The number of esters is 1. The van der Waals surface area contributed by atoms with Gasteiger partial charge in [0.15, 0.2) is 5.25 Å². The maximum atomic E-state index is 12.5. The van der Waals surface area contributed by atoms with E-state index < -0.39 is 17.4 Å². The van der Waals surface area contributed by atoms with Crippen LogP contribution in [0.1, 0.15) is 35.1 Å². The van der Waals surface area contributed by atoms with Gasteiger partial charge in [0.05, 0.1) is 38.1 Å². The lowest BCUT2D eigenvalue weighted by molar-refractivity contribution is -0.142. The highest BCUT2D eigenvalue weighted by molar-refractivity contribution is 7.90. The van der Waals surface area contributed by atoms with E-state index in [9.17, 15) is 14.1 Å². The number of benzene rings is 1. The van der Waals surface area contributed by atoms with Crippen molar-refractivity contribution in [2.24, 2.45) is 0 Å². The Hall–Kier alpha value is -1.77. The van der Waals surface area contributed by atoms with Crippen molar-refractivity contribution in [3.63, 3.8) is 0 Å². The fourth-order valence-electron chi connectivity index (χ4n) is 4.31. The molecule has 1 heterocycles. The van der Waals surface area contributed by atoms with Gasteiger partial charge in [0.2, 0.25) is 0 Å². The van der Waals surface area contributed by atoms with Gasteiger partial charge >= 0.3 is 12.0 Å². The zero-order valence-corrected chi connectivity index (χ0v) is 16.3. The lowest BCUT2D eigenvalue weighted by atomic mass is 9.99. The predicted molar refractivity (Wildman–Crippen MR) is 103 cm³/mol. The lowest BCUT2D eigenvalue weighted by Crippen LogP contribution is -2.59. The highest BCUT2D eigenvalue weighted by Crippen LogP contribution is 2.38. The Bertz CT molecular complexity index is 732. The number of likely N-dealkylation sites (tertiary alicyclic amines) is 1. The number of nitrogens with zero attached hydrogens (tertiary/aromatic N) is 1. The summed E-state index contributed by atoms with van der Waals surface area (Å²) in [7, 11) is 1.35. The molecule has 3 aliphatic rings. The molecule has 1 saturated heterocycles. The third kappa shape index (κ3) is 3.79. The monoisotopic (exact) mass is 391 g/mol. The number of amides is 2. The quantitative estimate of drug-likeness (QED) is 0.583. The normalized spacial score (nSPS) is 19.8. The predicted octanol–water partition coefficient (Wildman–Crippen LogP) is 1.31. The van der Waals surface area contributed by atoms with Crippen LogP contribution in [0.4, 0.5) is 10.5 Å². The average molecular weight is 391 g/mol. The molecule has 2 N–H and O–H groups in total. The molecule has 1 unspecified atom stereocenters. The van der Waals surface area contributed by atoms with Crippen LogP contribution in [0.25, 0.3) is 0 Å². The fourth-order valence-corrected chi connectivity index (χ4v) is 5.41. The minimum atomic E-state index is -1.47. The van der Waals surface area contributed by atoms with Crippen molar-refractivity contribution in [1.82, 2.24) is 9.62 Å². The topological polar surface area (TPSA) is 93.7 Å². The maximum Gasteiger partial charge on any atom is 0.360 e. The molecule has 1 atom stereocenters. The van der Waals surface area contributed by atoms with Gasteiger partial charge in [-0.3, -0.25) is 9.69 Å². The first-order chi connectivity index (χ1) is 13.0. The highest BCUT2D eigenvalue weighted by Gasteiger charge is 2.39. The number of hydrogen-bond acceptors (Lipinski definition) is 5. The molecule has 1 fully saturated rings. The van der Waals surface area contributed by atoms with E-state index in [1.165, 1.54) is 29.4 Å². The summed E-state index contributed by atoms with van der Waals surface area (Å²) in [5, 5.41) is 2.84. The van der Waals surface area contributed by atoms with Crippen LogP contribution in [0.3, 0.4) is 0 Å². The maximum absolute atomic E-state index is 12.5. The fraction of sp³-hybridized carbons (Fsp3) is 0.579.